The quantitative estimate of drug-likeness (QED) is 0.297. The standard InChI is InChI=1S/C28H34N10O3S/c1-36(2)28(39)18-4-6-20(7-5-18)32-24-14-26(30-16-22(24)23-11-13-37(3)35-23)33-25-10-12-29-27(34-25)19-15-31-38(17-19)42(40,41)21-8-9-21/h10-18,20-21H,4-9H2,1-3H3,(H2,29,30,32,33,34). The minimum atomic E-state index is -3.47. The maximum absolute atomic E-state index is 12.5. The number of pyridine rings is 1. The number of anilines is 3. The number of nitrogens with one attached hydrogen (secondary N) is 2. The third-order valence-corrected chi connectivity index (χ3v) is 9.74. The summed E-state index contributed by atoms with van der Waals surface area (Å²) in [7, 11) is 2.02. The van der Waals surface area contributed by atoms with E-state index >= 15 is 0 Å². The second-order valence-electron chi connectivity index (χ2n) is 11.2. The van der Waals surface area contributed by atoms with Crippen LogP contribution < -0.4 is 10.6 Å². The van der Waals surface area contributed by atoms with Crippen LogP contribution in [0.1, 0.15) is 38.5 Å². The van der Waals surface area contributed by atoms with Crippen LogP contribution in [0, 0.1) is 5.92 Å². The molecule has 6 rings (SSSR count). The van der Waals surface area contributed by atoms with Gasteiger partial charge in [0.25, 0.3) is 10.0 Å². The van der Waals surface area contributed by atoms with Gasteiger partial charge in [0, 0.05) is 69.0 Å². The lowest BCUT2D eigenvalue weighted by Gasteiger charge is -2.31. The van der Waals surface area contributed by atoms with Crippen molar-refractivity contribution < 1.29 is 13.2 Å². The first-order valence-electron chi connectivity index (χ1n) is 14.0. The van der Waals surface area contributed by atoms with Gasteiger partial charge in [-0.1, -0.05) is 0 Å². The molecule has 0 aliphatic heterocycles. The number of aromatic nitrogens is 7. The molecule has 42 heavy (non-hydrogen) atoms. The van der Waals surface area contributed by atoms with Crippen LogP contribution >= 0.6 is 0 Å². The van der Waals surface area contributed by atoms with Gasteiger partial charge in [-0.05, 0) is 50.7 Å². The lowest BCUT2D eigenvalue weighted by atomic mass is 9.85. The highest BCUT2D eigenvalue weighted by Crippen LogP contribution is 2.34. The van der Waals surface area contributed by atoms with Crippen LogP contribution in [0.4, 0.5) is 17.3 Å². The summed E-state index contributed by atoms with van der Waals surface area (Å²) in [5.74, 6) is 1.69. The van der Waals surface area contributed by atoms with E-state index in [0.717, 1.165) is 46.7 Å². The molecule has 0 unspecified atom stereocenters. The van der Waals surface area contributed by atoms with Gasteiger partial charge >= 0.3 is 0 Å². The van der Waals surface area contributed by atoms with Crippen LogP contribution in [0.3, 0.4) is 0 Å². The predicted octanol–water partition coefficient (Wildman–Crippen LogP) is 3.28. The zero-order valence-electron chi connectivity index (χ0n) is 23.8. The molecule has 2 fully saturated rings. The minimum Gasteiger partial charge on any atom is -0.382 e. The average molecular weight is 591 g/mol. The van der Waals surface area contributed by atoms with E-state index in [0.29, 0.717) is 35.9 Å². The van der Waals surface area contributed by atoms with Crippen LogP contribution in [-0.4, -0.2) is 78.5 Å². The number of hydrogen-bond donors (Lipinski definition) is 2. The number of carbonyl (C=O) groups excluding carboxylic acids is 1. The van der Waals surface area contributed by atoms with Crippen molar-refractivity contribution in [2.45, 2.75) is 49.8 Å². The zero-order valence-corrected chi connectivity index (χ0v) is 24.6. The fraction of sp³-hybridized carbons (Fsp3) is 0.429. The van der Waals surface area contributed by atoms with Crippen molar-refractivity contribution in [3.05, 3.63) is 49.2 Å². The molecule has 2 aliphatic carbocycles. The first-order valence-corrected chi connectivity index (χ1v) is 15.5. The van der Waals surface area contributed by atoms with Gasteiger partial charge < -0.3 is 15.5 Å². The molecule has 2 saturated carbocycles. The number of amides is 1. The Morgan fingerprint density at radius 3 is 2.50 bits per heavy atom. The lowest BCUT2D eigenvalue weighted by molar-refractivity contribution is -0.133. The van der Waals surface area contributed by atoms with Gasteiger partial charge in [-0.25, -0.2) is 23.4 Å². The summed E-state index contributed by atoms with van der Waals surface area (Å²) in [6, 6.07) is 5.81. The number of nitrogens with zero attached hydrogens (tertiary/aromatic N) is 8. The molecule has 0 radical (unpaired) electrons. The molecule has 2 aliphatic rings. The van der Waals surface area contributed by atoms with Crippen molar-refractivity contribution in [3.63, 3.8) is 0 Å². The third kappa shape index (κ3) is 5.84. The Labute approximate surface area is 244 Å². The maximum atomic E-state index is 12.5. The van der Waals surface area contributed by atoms with Gasteiger partial charge in [0.1, 0.15) is 11.6 Å². The van der Waals surface area contributed by atoms with Crippen molar-refractivity contribution in [3.8, 4) is 22.6 Å². The summed E-state index contributed by atoms with van der Waals surface area (Å²) < 4.78 is 27.8. The highest BCUT2D eigenvalue weighted by molar-refractivity contribution is 7.90. The van der Waals surface area contributed by atoms with E-state index in [1.165, 1.54) is 12.4 Å². The summed E-state index contributed by atoms with van der Waals surface area (Å²) in [5, 5.41) is 15.2. The molecular formula is C28H34N10O3S. The molecule has 4 heterocycles. The van der Waals surface area contributed by atoms with E-state index in [1.807, 2.05) is 39.5 Å². The van der Waals surface area contributed by atoms with Crippen LogP contribution in [-0.2, 0) is 21.9 Å². The third-order valence-electron chi connectivity index (χ3n) is 7.71. The first-order chi connectivity index (χ1) is 20.2. The molecule has 0 spiro atoms. The smallest absolute Gasteiger partial charge is 0.256 e. The monoisotopic (exact) mass is 590 g/mol. The van der Waals surface area contributed by atoms with Gasteiger partial charge in [0.2, 0.25) is 5.91 Å². The van der Waals surface area contributed by atoms with Gasteiger partial charge in [-0.3, -0.25) is 9.48 Å². The Hall–Kier alpha value is -4.33. The highest BCUT2D eigenvalue weighted by atomic mass is 32.2. The molecule has 0 saturated heterocycles. The Morgan fingerprint density at radius 2 is 1.81 bits per heavy atom. The fourth-order valence-corrected chi connectivity index (χ4v) is 6.73. The van der Waals surface area contributed by atoms with E-state index in [2.05, 4.69) is 35.8 Å². The Kier molecular flexibility index (Phi) is 7.39. The van der Waals surface area contributed by atoms with Crippen LogP contribution in [0.15, 0.2) is 49.2 Å². The normalized spacial score (nSPS) is 18.9. The second kappa shape index (κ2) is 11.2. The number of hydrogen-bond acceptors (Lipinski definition) is 10. The SMILES string of the molecule is CN(C)C(=O)C1CCC(Nc2cc(Nc3ccnc(-c4cnn(S(=O)(=O)C5CC5)c4)n3)ncc2-c2ccn(C)n2)CC1. The van der Waals surface area contributed by atoms with Gasteiger partial charge in [0.05, 0.1) is 28.9 Å². The lowest BCUT2D eigenvalue weighted by Crippen LogP contribution is -2.35. The molecule has 4 aromatic rings. The Morgan fingerprint density at radius 1 is 1.02 bits per heavy atom. The minimum absolute atomic E-state index is 0.0656. The summed E-state index contributed by atoms with van der Waals surface area (Å²) in [6.07, 6.45) is 13.0. The summed E-state index contributed by atoms with van der Waals surface area (Å²) in [4.78, 5) is 27.7. The zero-order chi connectivity index (χ0) is 29.4. The maximum Gasteiger partial charge on any atom is 0.256 e. The summed E-state index contributed by atoms with van der Waals surface area (Å²) in [5.41, 5.74) is 3.07. The van der Waals surface area contributed by atoms with Crippen molar-refractivity contribution >= 4 is 33.3 Å². The van der Waals surface area contributed by atoms with Crippen LogP contribution in [0.2, 0.25) is 0 Å². The van der Waals surface area contributed by atoms with Crippen molar-refractivity contribution in [1.29, 1.82) is 0 Å². The summed E-state index contributed by atoms with van der Waals surface area (Å²) >= 11 is 0. The largest absolute Gasteiger partial charge is 0.382 e. The number of carbonyl (C=O) groups is 1. The van der Waals surface area contributed by atoms with Crippen LogP contribution in [0.25, 0.3) is 22.6 Å². The van der Waals surface area contributed by atoms with E-state index in [9.17, 15) is 13.2 Å². The van der Waals surface area contributed by atoms with E-state index in [1.54, 1.807) is 28.0 Å². The first kappa shape index (κ1) is 27.8. The van der Waals surface area contributed by atoms with Gasteiger partial charge in [-0.15, -0.1) is 0 Å². The molecular weight excluding hydrogens is 556 g/mol. The van der Waals surface area contributed by atoms with Crippen molar-refractivity contribution in [2.75, 3.05) is 24.7 Å². The van der Waals surface area contributed by atoms with Gasteiger partial charge in [0.15, 0.2) is 5.82 Å². The molecule has 13 nitrogen and oxygen atoms in total. The topological polar surface area (TPSA) is 153 Å². The molecule has 0 aromatic carbocycles. The second-order valence-corrected chi connectivity index (χ2v) is 13.2. The highest BCUT2D eigenvalue weighted by Gasteiger charge is 2.37. The van der Waals surface area contributed by atoms with Gasteiger partial charge in [-0.2, -0.15) is 14.3 Å². The molecule has 1 amide bonds. The molecule has 2 N–H and O–H groups in total. The predicted molar refractivity (Wildman–Crippen MR) is 158 cm³/mol. The molecule has 14 heteroatoms. The van der Waals surface area contributed by atoms with E-state index in [-0.39, 0.29) is 23.1 Å². The van der Waals surface area contributed by atoms with E-state index in [4.69, 9.17) is 0 Å². The van der Waals surface area contributed by atoms with Crippen molar-refractivity contribution in [2.24, 2.45) is 13.0 Å². The fourth-order valence-electron chi connectivity index (χ4n) is 5.25. The molecule has 220 valence electrons. The van der Waals surface area contributed by atoms with Crippen molar-refractivity contribution in [1.82, 2.24) is 38.8 Å². The Balaban J connectivity index is 1.22. The summed E-state index contributed by atoms with van der Waals surface area (Å²) in [6.45, 7) is 0. The average Bonchev–Trinajstić information content (AvgIpc) is 3.57. The molecule has 0 atom stereocenters. The number of aryl methyl sites for hydroxylation is 1. The van der Waals surface area contributed by atoms with Crippen LogP contribution in [0.5, 0.6) is 0 Å². The Bertz CT molecular complexity index is 1700. The van der Waals surface area contributed by atoms with E-state index < -0.39 is 10.0 Å². The molecule has 0 bridgehead atoms. The number of rotatable bonds is 9. The molecule has 4 aromatic heterocycles.